The number of hydrogen-bond acceptors (Lipinski definition) is 3. The maximum absolute atomic E-state index is 11.3. The summed E-state index contributed by atoms with van der Waals surface area (Å²) < 4.78 is 6.05. The molecule has 3 rings (SSSR count). The number of anilines is 1. The van der Waals surface area contributed by atoms with E-state index in [1.54, 1.807) is 12.1 Å². The van der Waals surface area contributed by atoms with E-state index in [1.807, 2.05) is 49.4 Å². The molecule has 0 aliphatic rings. The first kappa shape index (κ1) is 18.5. The first-order chi connectivity index (χ1) is 13.1. The molecule has 138 valence electrons. The lowest BCUT2D eigenvalue weighted by Crippen LogP contribution is -2.07. The van der Waals surface area contributed by atoms with E-state index in [2.05, 4.69) is 24.4 Å². The van der Waals surface area contributed by atoms with Crippen molar-refractivity contribution in [2.24, 2.45) is 0 Å². The Morgan fingerprint density at radius 2 is 1.63 bits per heavy atom. The monoisotopic (exact) mass is 361 g/mol. The summed E-state index contributed by atoms with van der Waals surface area (Å²) in [6.45, 7) is 4.95. The molecule has 3 aromatic carbocycles. The molecule has 0 aliphatic heterocycles. The number of rotatable bonds is 7. The minimum absolute atomic E-state index is 0.309. The van der Waals surface area contributed by atoms with Gasteiger partial charge in [-0.3, -0.25) is 0 Å². The Bertz CT molecular complexity index is 950. The first-order valence-corrected chi connectivity index (χ1v) is 8.88. The number of ether oxygens (including phenoxy) is 1. The van der Waals surface area contributed by atoms with Crippen LogP contribution in [0.4, 0.5) is 5.69 Å². The Hall–Kier alpha value is -3.27. The van der Waals surface area contributed by atoms with Crippen LogP contribution in [0.2, 0.25) is 0 Å². The number of aryl methyl sites for hydroxylation is 1. The number of hydrogen-bond donors (Lipinski definition) is 2. The van der Waals surface area contributed by atoms with Gasteiger partial charge in [-0.1, -0.05) is 48.5 Å². The minimum atomic E-state index is -0.918. The van der Waals surface area contributed by atoms with E-state index in [0.29, 0.717) is 18.7 Å². The van der Waals surface area contributed by atoms with Gasteiger partial charge in [0.2, 0.25) is 0 Å². The van der Waals surface area contributed by atoms with Crippen LogP contribution in [-0.2, 0) is 13.2 Å². The van der Waals surface area contributed by atoms with E-state index in [-0.39, 0.29) is 0 Å². The van der Waals surface area contributed by atoms with Crippen molar-refractivity contribution in [3.63, 3.8) is 0 Å². The van der Waals surface area contributed by atoms with Crippen molar-refractivity contribution >= 4 is 11.7 Å². The molecule has 0 aromatic heterocycles. The number of para-hydroxylation sites is 1. The van der Waals surface area contributed by atoms with Gasteiger partial charge >= 0.3 is 5.97 Å². The topological polar surface area (TPSA) is 58.6 Å². The number of carboxylic acid groups (broad SMARTS) is 1. The maximum Gasteiger partial charge on any atom is 0.336 e. The summed E-state index contributed by atoms with van der Waals surface area (Å²) in [7, 11) is 0. The molecule has 0 saturated heterocycles. The highest BCUT2D eigenvalue weighted by Gasteiger charge is 2.11. The smallest absolute Gasteiger partial charge is 0.336 e. The van der Waals surface area contributed by atoms with Crippen molar-refractivity contribution in [3.05, 3.63) is 94.5 Å². The summed E-state index contributed by atoms with van der Waals surface area (Å²) in [6.07, 6.45) is 0. The standard InChI is InChI=1S/C23H23NO3/c1-16-8-3-4-10-19(16)15-27-22-13-6-5-9-18(22)14-24-21-12-7-11-20(17(21)2)23(25)26/h3-13,24H,14-15H2,1-2H3,(H,25,26). The predicted molar refractivity (Wildman–Crippen MR) is 107 cm³/mol. The molecule has 0 bridgehead atoms. The van der Waals surface area contributed by atoms with Crippen molar-refractivity contribution in [2.75, 3.05) is 5.32 Å². The molecule has 4 heteroatoms. The van der Waals surface area contributed by atoms with Crippen LogP contribution in [0.1, 0.15) is 32.6 Å². The molecule has 0 saturated carbocycles. The van der Waals surface area contributed by atoms with Crippen LogP contribution in [0, 0.1) is 13.8 Å². The fourth-order valence-corrected chi connectivity index (χ4v) is 2.97. The molecule has 0 atom stereocenters. The molecule has 3 aromatic rings. The van der Waals surface area contributed by atoms with Crippen LogP contribution in [0.25, 0.3) is 0 Å². The zero-order chi connectivity index (χ0) is 19.2. The van der Waals surface area contributed by atoms with Gasteiger partial charge < -0.3 is 15.2 Å². The van der Waals surface area contributed by atoms with Gasteiger partial charge in [0, 0.05) is 17.8 Å². The average Bonchev–Trinajstić information content (AvgIpc) is 2.67. The van der Waals surface area contributed by atoms with Crippen LogP contribution in [0.5, 0.6) is 5.75 Å². The Morgan fingerprint density at radius 1 is 0.926 bits per heavy atom. The second-order valence-electron chi connectivity index (χ2n) is 6.46. The van der Waals surface area contributed by atoms with E-state index in [9.17, 15) is 9.90 Å². The number of aromatic carboxylic acids is 1. The lowest BCUT2D eigenvalue weighted by molar-refractivity contribution is 0.0696. The number of carbonyl (C=O) groups is 1. The molecule has 0 aliphatic carbocycles. The summed E-state index contributed by atoms with van der Waals surface area (Å²) >= 11 is 0. The van der Waals surface area contributed by atoms with Crippen LogP contribution in [0.15, 0.2) is 66.7 Å². The normalized spacial score (nSPS) is 10.4. The lowest BCUT2D eigenvalue weighted by atomic mass is 10.1. The Balaban J connectivity index is 1.72. The molecular weight excluding hydrogens is 338 g/mol. The molecule has 2 N–H and O–H groups in total. The number of benzene rings is 3. The van der Waals surface area contributed by atoms with Gasteiger partial charge in [-0.2, -0.15) is 0 Å². The third-order valence-electron chi connectivity index (χ3n) is 4.65. The molecule has 0 spiro atoms. The van der Waals surface area contributed by atoms with Crippen LogP contribution in [0.3, 0.4) is 0 Å². The summed E-state index contributed by atoms with van der Waals surface area (Å²) in [5.41, 5.74) is 5.22. The van der Waals surface area contributed by atoms with Crippen molar-refractivity contribution in [2.45, 2.75) is 27.0 Å². The third kappa shape index (κ3) is 4.47. The van der Waals surface area contributed by atoms with Crippen molar-refractivity contribution in [3.8, 4) is 5.75 Å². The van der Waals surface area contributed by atoms with Crippen molar-refractivity contribution in [1.29, 1.82) is 0 Å². The van der Waals surface area contributed by atoms with Crippen molar-refractivity contribution < 1.29 is 14.6 Å². The number of nitrogens with one attached hydrogen (secondary N) is 1. The fraction of sp³-hybridized carbons (Fsp3) is 0.174. The minimum Gasteiger partial charge on any atom is -0.489 e. The third-order valence-corrected chi connectivity index (χ3v) is 4.65. The summed E-state index contributed by atoms with van der Waals surface area (Å²) in [6, 6.07) is 21.3. The fourth-order valence-electron chi connectivity index (χ4n) is 2.97. The van der Waals surface area contributed by atoms with E-state index in [1.165, 1.54) is 5.56 Å². The Morgan fingerprint density at radius 3 is 2.37 bits per heavy atom. The van der Waals surface area contributed by atoms with Gasteiger partial charge in [0.05, 0.1) is 5.56 Å². The van der Waals surface area contributed by atoms with Crippen LogP contribution in [-0.4, -0.2) is 11.1 Å². The summed E-state index contributed by atoms with van der Waals surface area (Å²) in [5.74, 6) is -0.0987. The van der Waals surface area contributed by atoms with Gasteiger partial charge in [-0.25, -0.2) is 4.79 Å². The zero-order valence-electron chi connectivity index (χ0n) is 15.5. The van der Waals surface area contributed by atoms with Gasteiger partial charge in [-0.05, 0) is 48.7 Å². The SMILES string of the molecule is Cc1ccccc1COc1ccccc1CNc1cccc(C(=O)O)c1C. The molecule has 27 heavy (non-hydrogen) atoms. The van der Waals surface area contributed by atoms with E-state index in [4.69, 9.17) is 4.74 Å². The van der Waals surface area contributed by atoms with Gasteiger partial charge in [0.15, 0.2) is 0 Å². The highest BCUT2D eigenvalue weighted by atomic mass is 16.5. The Labute approximate surface area is 159 Å². The largest absolute Gasteiger partial charge is 0.489 e. The molecule has 4 nitrogen and oxygen atoms in total. The van der Waals surface area contributed by atoms with E-state index < -0.39 is 5.97 Å². The quantitative estimate of drug-likeness (QED) is 0.608. The second kappa shape index (κ2) is 8.41. The van der Waals surface area contributed by atoms with E-state index >= 15 is 0 Å². The summed E-state index contributed by atoms with van der Waals surface area (Å²) in [5, 5.41) is 12.6. The maximum atomic E-state index is 11.3. The first-order valence-electron chi connectivity index (χ1n) is 8.88. The molecular formula is C23H23NO3. The van der Waals surface area contributed by atoms with Crippen molar-refractivity contribution in [1.82, 2.24) is 0 Å². The molecule has 0 heterocycles. The van der Waals surface area contributed by atoms with Crippen LogP contribution < -0.4 is 10.1 Å². The predicted octanol–water partition coefficient (Wildman–Crippen LogP) is 5.19. The molecule has 0 fully saturated rings. The van der Waals surface area contributed by atoms with Gasteiger partial charge in [0.1, 0.15) is 12.4 Å². The molecule has 0 radical (unpaired) electrons. The molecule has 0 amide bonds. The zero-order valence-corrected chi connectivity index (χ0v) is 15.5. The van der Waals surface area contributed by atoms with E-state index in [0.717, 1.165) is 28.1 Å². The summed E-state index contributed by atoms with van der Waals surface area (Å²) in [4.78, 5) is 11.3. The lowest BCUT2D eigenvalue weighted by Gasteiger charge is -2.15. The van der Waals surface area contributed by atoms with Crippen LogP contribution >= 0.6 is 0 Å². The molecule has 0 unspecified atom stereocenters. The highest BCUT2D eigenvalue weighted by molar-refractivity contribution is 5.91. The van der Waals surface area contributed by atoms with Gasteiger partial charge in [-0.15, -0.1) is 0 Å². The Kier molecular flexibility index (Phi) is 5.77. The second-order valence-corrected chi connectivity index (χ2v) is 6.46. The average molecular weight is 361 g/mol. The highest BCUT2D eigenvalue weighted by Crippen LogP contribution is 2.24. The number of carboxylic acids is 1. The van der Waals surface area contributed by atoms with Gasteiger partial charge in [0.25, 0.3) is 0 Å².